The Morgan fingerprint density at radius 1 is 1.32 bits per heavy atom. The van der Waals surface area contributed by atoms with Crippen LogP contribution in [0.3, 0.4) is 0 Å². The highest BCUT2D eigenvalue weighted by molar-refractivity contribution is 5.89. The smallest absolute Gasteiger partial charge is 0.338 e. The van der Waals surface area contributed by atoms with Crippen LogP contribution in [0.2, 0.25) is 0 Å². The number of methoxy groups -OCH3 is 1. The maximum atomic E-state index is 11.7. The van der Waals surface area contributed by atoms with Crippen molar-refractivity contribution in [3.8, 4) is 0 Å². The average molecular weight is 268 g/mol. The Labute approximate surface area is 112 Å². The van der Waals surface area contributed by atoms with Gasteiger partial charge in [-0.3, -0.25) is 4.98 Å². The van der Waals surface area contributed by atoms with Gasteiger partial charge in [0.1, 0.15) is 6.61 Å². The summed E-state index contributed by atoms with van der Waals surface area (Å²) in [6, 6.07) is 3.22. The molecule has 0 aliphatic heterocycles. The number of nitrogens with two attached hydrogens (primary N) is 1. The summed E-state index contributed by atoms with van der Waals surface area (Å²) in [5.74, 6) is -0.391. The summed E-state index contributed by atoms with van der Waals surface area (Å²) in [4.78, 5) is 15.7. The van der Waals surface area contributed by atoms with Crippen LogP contribution in [0, 0.1) is 0 Å². The normalized spacial score (nSPS) is 10.4. The molecule has 0 atom stereocenters. The van der Waals surface area contributed by atoms with Crippen LogP contribution in [0.25, 0.3) is 0 Å². The van der Waals surface area contributed by atoms with Crippen molar-refractivity contribution in [1.82, 2.24) is 4.98 Å². The minimum absolute atomic E-state index is 0.228. The number of carbonyl (C=O) groups is 1. The van der Waals surface area contributed by atoms with E-state index in [-0.39, 0.29) is 6.61 Å². The number of nitrogens with zero attached hydrogens (tertiary/aromatic N) is 1. The summed E-state index contributed by atoms with van der Waals surface area (Å²) in [6.45, 7) is 2.16. The van der Waals surface area contributed by atoms with Crippen LogP contribution in [0.5, 0.6) is 0 Å². The predicted octanol–water partition coefficient (Wildman–Crippen LogP) is 0.750. The fraction of sp³-hybridized carbons (Fsp3) is 0.538. The van der Waals surface area contributed by atoms with Gasteiger partial charge in [0, 0.05) is 33.1 Å². The van der Waals surface area contributed by atoms with Gasteiger partial charge in [-0.15, -0.1) is 0 Å². The van der Waals surface area contributed by atoms with E-state index in [0.717, 1.165) is 6.42 Å². The van der Waals surface area contributed by atoms with Gasteiger partial charge in [-0.1, -0.05) is 0 Å². The fourth-order valence-electron chi connectivity index (χ4n) is 1.40. The number of rotatable bonds is 9. The Balaban J connectivity index is 2.20. The lowest BCUT2D eigenvalue weighted by molar-refractivity contribution is 0.0288. The summed E-state index contributed by atoms with van der Waals surface area (Å²) >= 11 is 0. The van der Waals surface area contributed by atoms with Gasteiger partial charge >= 0.3 is 5.97 Å². The Hall–Kier alpha value is -1.50. The number of hydrogen-bond donors (Lipinski definition) is 1. The van der Waals surface area contributed by atoms with Crippen LogP contribution in [0.4, 0.5) is 0 Å². The molecule has 19 heavy (non-hydrogen) atoms. The lowest BCUT2D eigenvalue weighted by Crippen LogP contribution is -2.12. The number of hydrogen-bond acceptors (Lipinski definition) is 6. The molecule has 0 aromatic carbocycles. The molecule has 0 aliphatic carbocycles. The van der Waals surface area contributed by atoms with E-state index in [4.69, 9.17) is 19.9 Å². The first-order valence-corrected chi connectivity index (χ1v) is 6.16. The number of carbonyl (C=O) groups excluding carboxylic acids is 1. The minimum Gasteiger partial charge on any atom is -0.460 e. The molecule has 0 fully saturated rings. The molecule has 0 unspecified atom stereocenters. The molecule has 2 N–H and O–H groups in total. The number of pyridine rings is 1. The SMILES string of the molecule is COCCCOCCOC(=O)c1ccnc(CN)c1. The molecular weight excluding hydrogens is 248 g/mol. The van der Waals surface area contributed by atoms with Gasteiger partial charge in [0.15, 0.2) is 0 Å². The van der Waals surface area contributed by atoms with Gasteiger partial charge in [-0.05, 0) is 18.6 Å². The van der Waals surface area contributed by atoms with Gasteiger partial charge in [0.2, 0.25) is 0 Å². The van der Waals surface area contributed by atoms with Crippen LogP contribution in [-0.2, 0) is 20.8 Å². The van der Waals surface area contributed by atoms with E-state index in [1.54, 1.807) is 25.4 Å². The topological polar surface area (TPSA) is 83.7 Å². The van der Waals surface area contributed by atoms with Crippen molar-refractivity contribution in [2.75, 3.05) is 33.5 Å². The summed E-state index contributed by atoms with van der Waals surface area (Å²) in [6.07, 6.45) is 2.37. The third-order valence-corrected chi connectivity index (χ3v) is 2.36. The van der Waals surface area contributed by atoms with Crippen LogP contribution in [-0.4, -0.2) is 44.5 Å². The number of esters is 1. The highest BCUT2D eigenvalue weighted by Crippen LogP contribution is 2.03. The highest BCUT2D eigenvalue weighted by Gasteiger charge is 2.07. The van der Waals surface area contributed by atoms with Crippen molar-refractivity contribution < 1.29 is 19.0 Å². The van der Waals surface area contributed by atoms with E-state index < -0.39 is 5.97 Å². The van der Waals surface area contributed by atoms with E-state index in [0.29, 0.717) is 37.6 Å². The van der Waals surface area contributed by atoms with Gasteiger partial charge in [-0.2, -0.15) is 0 Å². The third kappa shape index (κ3) is 6.28. The summed E-state index contributed by atoms with van der Waals surface area (Å²) in [5.41, 5.74) is 6.56. The fourth-order valence-corrected chi connectivity index (χ4v) is 1.40. The maximum Gasteiger partial charge on any atom is 0.338 e. The molecule has 0 radical (unpaired) electrons. The highest BCUT2D eigenvalue weighted by atomic mass is 16.6. The van der Waals surface area contributed by atoms with E-state index >= 15 is 0 Å². The Kier molecular flexibility index (Phi) is 7.72. The van der Waals surface area contributed by atoms with Crippen LogP contribution < -0.4 is 5.73 Å². The van der Waals surface area contributed by atoms with Crippen molar-refractivity contribution >= 4 is 5.97 Å². The van der Waals surface area contributed by atoms with E-state index in [1.807, 2.05) is 0 Å². The monoisotopic (exact) mass is 268 g/mol. The summed E-state index contributed by atoms with van der Waals surface area (Å²) in [5, 5.41) is 0. The third-order valence-electron chi connectivity index (χ3n) is 2.36. The molecule has 0 aliphatic rings. The Bertz CT molecular complexity index is 385. The molecular formula is C13H20N2O4. The van der Waals surface area contributed by atoms with Crippen molar-refractivity contribution in [1.29, 1.82) is 0 Å². The predicted molar refractivity (Wildman–Crippen MR) is 69.7 cm³/mol. The van der Waals surface area contributed by atoms with Crippen molar-refractivity contribution in [3.05, 3.63) is 29.6 Å². The molecule has 1 heterocycles. The van der Waals surface area contributed by atoms with Crippen LogP contribution in [0.1, 0.15) is 22.5 Å². The molecule has 1 rings (SSSR count). The van der Waals surface area contributed by atoms with E-state index in [9.17, 15) is 4.79 Å². The second-order valence-corrected chi connectivity index (χ2v) is 3.83. The Morgan fingerprint density at radius 3 is 2.89 bits per heavy atom. The number of ether oxygens (including phenoxy) is 3. The molecule has 106 valence electrons. The first-order chi connectivity index (χ1) is 9.27. The second kappa shape index (κ2) is 9.43. The molecule has 0 bridgehead atoms. The molecule has 0 saturated heterocycles. The van der Waals surface area contributed by atoms with Gasteiger partial charge < -0.3 is 19.9 Å². The lowest BCUT2D eigenvalue weighted by atomic mass is 10.2. The molecule has 1 aromatic heterocycles. The van der Waals surface area contributed by atoms with Crippen LogP contribution >= 0.6 is 0 Å². The average Bonchev–Trinajstić information content (AvgIpc) is 2.46. The first kappa shape index (κ1) is 15.6. The zero-order chi connectivity index (χ0) is 13.9. The summed E-state index contributed by atoms with van der Waals surface area (Å²) < 4.78 is 15.2. The first-order valence-electron chi connectivity index (χ1n) is 6.16. The van der Waals surface area contributed by atoms with Crippen LogP contribution in [0.15, 0.2) is 18.3 Å². The lowest BCUT2D eigenvalue weighted by Gasteiger charge is -2.06. The van der Waals surface area contributed by atoms with Crippen molar-refractivity contribution in [3.63, 3.8) is 0 Å². The van der Waals surface area contributed by atoms with Gasteiger partial charge in [0.25, 0.3) is 0 Å². The van der Waals surface area contributed by atoms with E-state index in [1.165, 1.54) is 0 Å². The van der Waals surface area contributed by atoms with E-state index in [2.05, 4.69) is 4.98 Å². The number of aromatic nitrogens is 1. The largest absolute Gasteiger partial charge is 0.460 e. The van der Waals surface area contributed by atoms with Crippen molar-refractivity contribution in [2.45, 2.75) is 13.0 Å². The maximum absolute atomic E-state index is 11.7. The molecule has 6 heteroatoms. The quantitative estimate of drug-likeness (QED) is 0.525. The second-order valence-electron chi connectivity index (χ2n) is 3.83. The van der Waals surface area contributed by atoms with Gasteiger partial charge in [-0.25, -0.2) is 4.79 Å². The van der Waals surface area contributed by atoms with Crippen molar-refractivity contribution in [2.24, 2.45) is 5.73 Å². The molecule has 6 nitrogen and oxygen atoms in total. The minimum atomic E-state index is -0.391. The standard InChI is InChI=1S/C13H20N2O4/c1-17-5-2-6-18-7-8-19-13(16)11-3-4-15-12(9-11)10-14/h3-4,9H,2,5-8,10,14H2,1H3. The summed E-state index contributed by atoms with van der Waals surface area (Å²) in [7, 11) is 1.64. The molecule has 1 aromatic rings. The van der Waals surface area contributed by atoms with Gasteiger partial charge in [0.05, 0.1) is 17.9 Å². The molecule has 0 saturated carbocycles. The molecule has 0 spiro atoms. The zero-order valence-electron chi connectivity index (χ0n) is 11.1. The zero-order valence-corrected chi connectivity index (χ0v) is 11.1. The molecule has 0 amide bonds. The Morgan fingerprint density at radius 2 is 2.16 bits per heavy atom.